The smallest absolute Gasteiger partial charge is 0.180 e. The quantitative estimate of drug-likeness (QED) is 0.654. The molecule has 1 aromatic carbocycles. The van der Waals surface area contributed by atoms with E-state index < -0.39 is 0 Å². The van der Waals surface area contributed by atoms with E-state index in [9.17, 15) is 9.90 Å². The molecular weight excluding hydrogens is 250 g/mol. The molecule has 1 aromatic rings. The third-order valence-corrected chi connectivity index (χ3v) is 3.73. The number of nitrogens with one attached hydrogen (secondary N) is 1. The summed E-state index contributed by atoms with van der Waals surface area (Å²) in [5, 5.41) is 13.2. The van der Waals surface area contributed by atoms with Crippen LogP contribution >= 0.6 is 11.6 Å². The second-order valence-corrected chi connectivity index (χ2v) is 5.14. The van der Waals surface area contributed by atoms with Crippen LogP contribution in [0.1, 0.15) is 40.7 Å². The molecule has 0 bridgehead atoms. The first-order valence-corrected chi connectivity index (χ1v) is 6.74. The molecule has 0 saturated heterocycles. The Bertz CT molecular complexity index is 471. The fourth-order valence-corrected chi connectivity index (χ4v) is 2.81. The number of carbonyl (C=O) groups is 1. The first-order chi connectivity index (χ1) is 8.65. The SMILES string of the molecule is CNCC(=O)c1c(O)c(Cl)cc2c1CCCCC2. The minimum Gasteiger partial charge on any atom is -0.506 e. The molecule has 0 radical (unpaired) electrons. The Morgan fingerprint density at radius 1 is 1.39 bits per heavy atom. The summed E-state index contributed by atoms with van der Waals surface area (Å²) in [5.41, 5.74) is 2.54. The molecule has 1 aliphatic rings. The molecule has 18 heavy (non-hydrogen) atoms. The highest BCUT2D eigenvalue weighted by molar-refractivity contribution is 6.32. The van der Waals surface area contributed by atoms with Gasteiger partial charge in [-0.2, -0.15) is 0 Å². The average Bonchev–Trinajstić information content (AvgIpc) is 2.56. The summed E-state index contributed by atoms with van der Waals surface area (Å²) in [5.74, 6) is -0.145. The zero-order valence-corrected chi connectivity index (χ0v) is 11.3. The standard InChI is InChI=1S/C14H18ClNO2/c1-16-8-12(17)13-10-6-4-2-3-5-9(10)7-11(15)14(13)18/h7,16,18H,2-6,8H2,1H3. The second-order valence-electron chi connectivity index (χ2n) is 4.73. The van der Waals surface area contributed by atoms with Gasteiger partial charge in [0.05, 0.1) is 17.1 Å². The minimum absolute atomic E-state index is 0.0578. The number of fused-ring (bicyclic) bond motifs is 1. The lowest BCUT2D eigenvalue weighted by Crippen LogP contribution is -2.20. The van der Waals surface area contributed by atoms with Gasteiger partial charge in [-0.25, -0.2) is 0 Å². The Hall–Kier alpha value is -1.06. The van der Waals surface area contributed by atoms with E-state index in [0.717, 1.165) is 43.2 Å². The van der Waals surface area contributed by atoms with E-state index in [1.807, 2.05) is 6.07 Å². The number of rotatable bonds is 3. The molecule has 0 saturated carbocycles. The molecule has 0 atom stereocenters. The Morgan fingerprint density at radius 3 is 2.83 bits per heavy atom. The summed E-state index contributed by atoms with van der Waals surface area (Å²) in [4.78, 5) is 12.1. The van der Waals surface area contributed by atoms with Crippen molar-refractivity contribution < 1.29 is 9.90 Å². The molecule has 4 heteroatoms. The molecule has 1 aliphatic carbocycles. The molecule has 98 valence electrons. The number of carbonyl (C=O) groups excluding carboxylic acids is 1. The van der Waals surface area contributed by atoms with Crippen LogP contribution in [0.5, 0.6) is 5.75 Å². The zero-order valence-electron chi connectivity index (χ0n) is 10.6. The van der Waals surface area contributed by atoms with Gasteiger partial charge < -0.3 is 10.4 Å². The second kappa shape index (κ2) is 5.72. The van der Waals surface area contributed by atoms with Crippen LogP contribution in [0, 0.1) is 0 Å². The summed E-state index contributed by atoms with van der Waals surface area (Å²) >= 11 is 6.03. The van der Waals surface area contributed by atoms with Crippen molar-refractivity contribution in [3.05, 3.63) is 27.8 Å². The fraction of sp³-hybridized carbons (Fsp3) is 0.500. The van der Waals surface area contributed by atoms with Crippen LogP contribution in [0.25, 0.3) is 0 Å². The maximum atomic E-state index is 12.1. The molecule has 3 nitrogen and oxygen atoms in total. The highest BCUT2D eigenvalue weighted by Gasteiger charge is 2.22. The number of Topliss-reactive ketones (excluding diaryl/α,β-unsaturated/α-hetero) is 1. The number of likely N-dealkylation sites (N-methyl/N-ethyl adjacent to an activating group) is 1. The van der Waals surface area contributed by atoms with E-state index in [4.69, 9.17) is 11.6 Å². The van der Waals surface area contributed by atoms with Gasteiger partial charge in [-0.05, 0) is 49.9 Å². The number of phenolic OH excluding ortho intramolecular Hbond substituents is 1. The first kappa shape index (κ1) is 13.4. The normalized spacial score (nSPS) is 15.0. The van der Waals surface area contributed by atoms with Gasteiger partial charge >= 0.3 is 0 Å². The van der Waals surface area contributed by atoms with Crippen molar-refractivity contribution >= 4 is 17.4 Å². The van der Waals surface area contributed by atoms with Crippen molar-refractivity contribution in [2.45, 2.75) is 32.1 Å². The lowest BCUT2D eigenvalue weighted by molar-refractivity contribution is 0.0990. The van der Waals surface area contributed by atoms with E-state index in [2.05, 4.69) is 5.32 Å². The minimum atomic E-state index is -0.0874. The van der Waals surface area contributed by atoms with Crippen LogP contribution in [-0.4, -0.2) is 24.5 Å². The van der Waals surface area contributed by atoms with Crippen molar-refractivity contribution in [1.29, 1.82) is 0 Å². The number of ketones is 1. The largest absolute Gasteiger partial charge is 0.506 e. The highest BCUT2D eigenvalue weighted by atomic mass is 35.5. The maximum absolute atomic E-state index is 12.1. The molecule has 0 unspecified atom stereocenters. The number of phenols is 1. The van der Waals surface area contributed by atoms with Crippen LogP contribution < -0.4 is 5.32 Å². The molecule has 0 spiro atoms. The molecule has 0 heterocycles. The maximum Gasteiger partial charge on any atom is 0.180 e. The predicted molar refractivity (Wildman–Crippen MR) is 72.6 cm³/mol. The summed E-state index contributed by atoms with van der Waals surface area (Å²) in [6.07, 6.45) is 5.13. The topological polar surface area (TPSA) is 49.3 Å². The Labute approximate surface area is 112 Å². The highest BCUT2D eigenvalue weighted by Crippen LogP contribution is 2.36. The van der Waals surface area contributed by atoms with E-state index in [0.29, 0.717) is 5.56 Å². The van der Waals surface area contributed by atoms with Crippen molar-refractivity contribution in [1.82, 2.24) is 5.32 Å². The number of aromatic hydroxyl groups is 1. The van der Waals surface area contributed by atoms with Crippen LogP contribution in [0.15, 0.2) is 6.07 Å². The van der Waals surface area contributed by atoms with E-state index >= 15 is 0 Å². The number of hydrogen-bond donors (Lipinski definition) is 2. The predicted octanol–water partition coefficient (Wildman–Crippen LogP) is 2.72. The summed E-state index contributed by atoms with van der Waals surface area (Å²) in [6.45, 7) is 0.223. The number of halogens is 1. The van der Waals surface area contributed by atoms with Gasteiger partial charge in [-0.3, -0.25) is 4.79 Å². The third kappa shape index (κ3) is 2.52. The average molecular weight is 268 g/mol. The molecule has 0 aromatic heterocycles. The summed E-state index contributed by atoms with van der Waals surface area (Å²) in [6, 6.07) is 1.81. The lowest BCUT2D eigenvalue weighted by atomic mass is 9.93. The van der Waals surface area contributed by atoms with Crippen molar-refractivity contribution in [2.24, 2.45) is 0 Å². The Kier molecular flexibility index (Phi) is 4.25. The number of aryl methyl sites for hydroxylation is 1. The van der Waals surface area contributed by atoms with E-state index in [-0.39, 0.29) is 23.1 Å². The van der Waals surface area contributed by atoms with Crippen molar-refractivity contribution in [3.63, 3.8) is 0 Å². The van der Waals surface area contributed by atoms with Gasteiger partial charge in [0.1, 0.15) is 5.75 Å². The van der Waals surface area contributed by atoms with Crippen LogP contribution in [0.4, 0.5) is 0 Å². The van der Waals surface area contributed by atoms with E-state index in [1.54, 1.807) is 7.05 Å². The molecule has 0 fully saturated rings. The molecule has 0 amide bonds. The van der Waals surface area contributed by atoms with Crippen LogP contribution in [0.2, 0.25) is 5.02 Å². The monoisotopic (exact) mass is 267 g/mol. The zero-order chi connectivity index (χ0) is 13.1. The Balaban J connectivity index is 2.54. The first-order valence-electron chi connectivity index (χ1n) is 6.36. The molecule has 0 aliphatic heterocycles. The molecule has 2 rings (SSSR count). The fourth-order valence-electron chi connectivity index (χ4n) is 2.58. The Morgan fingerprint density at radius 2 is 2.11 bits per heavy atom. The van der Waals surface area contributed by atoms with Gasteiger partial charge in [-0.1, -0.05) is 18.0 Å². The summed E-state index contributed by atoms with van der Waals surface area (Å²) in [7, 11) is 1.72. The van der Waals surface area contributed by atoms with Gasteiger partial charge in [0.2, 0.25) is 0 Å². The molecule has 2 N–H and O–H groups in total. The number of hydrogen-bond acceptors (Lipinski definition) is 3. The van der Waals surface area contributed by atoms with Crippen molar-refractivity contribution in [3.8, 4) is 5.75 Å². The summed E-state index contributed by atoms with van der Waals surface area (Å²) < 4.78 is 0. The van der Waals surface area contributed by atoms with Gasteiger partial charge in [0, 0.05) is 0 Å². The van der Waals surface area contributed by atoms with Crippen LogP contribution in [-0.2, 0) is 12.8 Å². The van der Waals surface area contributed by atoms with Gasteiger partial charge in [-0.15, -0.1) is 0 Å². The third-order valence-electron chi connectivity index (χ3n) is 3.44. The van der Waals surface area contributed by atoms with Crippen molar-refractivity contribution in [2.75, 3.05) is 13.6 Å². The lowest BCUT2D eigenvalue weighted by Gasteiger charge is -2.15. The van der Waals surface area contributed by atoms with Gasteiger partial charge in [0.25, 0.3) is 0 Å². The number of benzene rings is 1. The van der Waals surface area contributed by atoms with Gasteiger partial charge in [0.15, 0.2) is 5.78 Å². The molecular formula is C14H18ClNO2. The van der Waals surface area contributed by atoms with Crippen LogP contribution in [0.3, 0.4) is 0 Å². The van der Waals surface area contributed by atoms with E-state index in [1.165, 1.54) is 0 Å².